The third kappa shape index (κ3) is 5.25. The van der Waals surface area contributed by atoms with Crippen molar-refractivity contribution in [2.45, 2.75) is 58.5 Å². The van der Waals surface area contributed by atoms with Gasteiger partial charge in [-0.2, -0.15) is 5.10 Å². The van der Waals surface area contributed by atoms with Crippen LogP contribution in [0.2, 0.25) is 0 Å². The molecule has 0 spiro atoms. The van der Waals surface area contributed by atoms with Crippen molar-refractivity contribution in [3.05, 3.63) is 82.7 Å². The lowest BCUT2D eigenvalue weighted by atomic mass is 9.95. The molecule has 0 bridgehead atoms. The molecule has 0 unspecified atom stereocenters. The molecule has 6 nitrogen and oxygen atoms in total. The van der Waals surface area contributed by atoms with Crippen LogP contribution in [0.4, 0.5) is 5.69 Å². The van der Waals surface area contributed by atoms with Crippen LogP contribution in [-0.4, -0.2) is 27.6 Å². The molecule has 2 N–H and O–H groups in total. The summed E-state index contributed by atoms with van der Waals surface area (Å²) in [5, 5.41) is 10.5. The van der Waals surface area contributed by atoms with Crippen LogP contribution in [0.5, 0.6) is 0 Å². The van der Waals surface area contributed by atoms with Crippen molar-refractivity contribution in [3.63, 3.8) is 0 Å². The number of anilines is 1. The Balaban J connectivity index is 1.42. The van der Waals surface area contributed by atoms with Crippen molar-refractivity contribution in [2.24, 2.45) is 0 Å². The van der Waals surface area contributed by atoms with E-state index in [1.807, 2.05) is 48.9 Å². The molecular formula is C26H30N4O2. The summed E-state index contributed by atoms with van der Waals surface area (Å²) in [5.74, 6) is -0.367. The molecule has 0 radical (unpaired) electrons. The Kier molecular flexibility index (Phi) is 6.69. The maximum atomic E-state index is 12.8. The van der Waals surface area contributed by atoms with E-state index in [-0.39, 0.29) is 17.9 Å². The van der Waals surface area contributed by atoms with Gasteiger partial charge in [-0.05, 0) is 62.6 Å². The molecule has 6 heteroatoms. The maximum Gasteiger partial charge on any atom is 0.255 e. The van der Waals surface area contributed by atoms with Crippen molar-refractivity contribution in [1.82, 2.24) is 15.1 Å². The highest BCUT2D eigenvalue weighted by molar-refractivity contribution is 6.09. The lowest BCUT2D eigenvalue weighted by Gasteiger charge is -2.23. The second kappa shape index (κ2) is 9.81. The van der Waals surface area contributed by atoms with Gasteiger partial charge >= 0.3 is 0 Å². The predicted molar refractivity (Wildman–Crippen MR) is 126 cm³/mol. The molecular weight excluding hydrogens is 400 g/mol. The first-order chi connectivity index (χ1) is 15.5. The minimum absolute atomic E-state index is 0.131. The van der Waals surface area contributed by atoms with Gasteiger partial charge in [-0.25, -0.2) is 0 Å². The van der Waals surface area contributed by atoms with E-state index >= 15 is 0 Å². The fourth-order valence-corrected chi connectivity index (χ4v) is 4.26. The van der Waals surface area contributed by atoms with Crippen molar-refractivity contribution in [2.75, 3.05) is 5.32 Å². The van der Waals surface area contributed by atoms with Crippen molar-refractivity contribution in [1.29, 1.82) is 0 Å². The minimum Gasteiger partial charge on any atom is -0.349 e. The first kappa shape index (κ1) is 21.8. The number of para-hydroxylation sites is 1. The Labute approximate surface area is 189 Å². The normalized spacial score (nSPS) is 14.2. The largest absolute Gasteiger partial charge is 0.349 e. The molecule has 4 rings (SSSR count). The fraction of sp³-hybridized carbons (Fsp3) is 0.346. The number of benzene rings is 2. The zero-order valence-electron chi connectivity index (χ0n) is 18.7. The minimum atomic E-state index is -0.236. The van der Waals surface area contributed by atoms with E-state index in [9.17, 15) is 9.59 Å². The van der Waals surface area contributed by atoms with Crippen LogP contribution < -0.4 is 10.6 Å². The summed E-state index contributed by atoms with van der Waals surface area (Å²) >= 11 is 0. The van der Waals surface area contributed by atoms with Gasteiger partial charge in [0.1, 0.15) is 0 Å². The summed E-state index contributed by atoms with van der Waals surface area (Å²) in [7, 11) is 0. The van der Waals surface area contributed by atoms with E-state index < -0.39 is 0 Å². The van der Waals surface area contributed by atoms with Crippen molar-refractivity contribution in [3.8, 4) is 0 Å². The van der Waals surface area contributed by atoms with Crippen LogP contribution in [0, 0.1) is 13.8 Å². The first-order valence-electron chi connectivity index (χ1n) is 11.3. The first-order valence-corrected chi connectivity index (χ1v) is 11.3. The quantitative estimate of drug-likeness (QED) is 0.586. The number of carbonyl (C=O) groups excluding carboxylic acids is 2. The highest BCUT2D eigenvalue weighted by Crippen LogP contribution is 2.21. The SMILES string of the molecule is Cc1cc(C)n(Cc2ccc(C(=O)Nc3ccccc3C(=O)NC3CCCCC3)cc2)n1. The molecule has 3 aromatic rings. The van der Waals surface area contributed by atoms with Gasteiger partial charge in [-0.1, -0.05) is 43.5 Å². The summed E-state index contributed by atoms with van der Waals surface area (Å²) in [4.78, 5) is 25.7. The van der Waals surface area contributed by atoms with E-state index in [4.69, 9.17) is 0 Å². The number of amides is 2. The third-order valence-corrected chi connectivity index (χ3v) is 6.01. The standard InChI is InChI=1S/C26H30N4O2/c1-18-16-19(2)30(29-18)17-20-12-14-21(15-13-20)25(31)28-24-11-7-6-10-23(24)26(32)27-22-8-4-3-5-9-22/h6-7,10-16,22H,3-5,8-9,17H2,1-2H3,(H,27,32)(H,28,31). The van der Waals surface area contributed by atoms with Crippen molar-refractivity contribution >= 4 is 17.5 Å². The fourth-order valence-electron chi connectivity index (χ4n) is 4.26. The summed E-state index contributed by atoms with van der Waals surface area (Å²) in [6.07, 6.45) is 5.57. The topological polar surface area (TPSA) is 76.0 Å². The molecule has 1 saturated carbocycles. The van der Waals surface area contributed by atoms with E-state index in [0.717, 1.165) is 42.6 Å². The number of rotatable bonds is 6. The van der Waals surface area contributed by atoms with E-state index in [1.165, 1.54) is 6.42 Å². The molecule has 1 heterocycles. The van der Waals surface area contributed by atoms with Gasteiger partial charge in [-0.15, -0.1) is 0 Å². The number of aromatic nitrogens is 2. The summed E-state index contributed by atoms with van der Waals surface area (Å²) < 4.78 is 1.95. The number of aryl methyl sites for hydroxylation is 2. The Morgan fingerprint density at radius 3 is 2.38 bits per heavy atom. The Morgan fingerprint density at radius 2 is 1.69 bits per heavy atom. The molecule has 1 aliphatic rings. The second-order valence-corrected chi connectivity index (χ2v) is 8.59. The summed E-state index contributed by atoms with van der Waals surface area (Å²) in [5.41, 5.74) is 4.73. The zero-order chi connectivity index (χ0) is 22.5. The highest BCUT2D eigenvalue weighted by atomic mass is 16.2. The number of hydrogen-bond acceptors (Lipinski definition) is 3. The molecule has 1 aliphatic carbocycles. The maximum absolute atomic E-state index is 12.8. The number of nitrogens with one attached hydrogen (secondary N) is 2. The monoisotopic (exact) mass is 430 g/mol. The Morgan fingerprint density at radius 1 is 0.969 bits per heavy atom. The Bertz CT molecular complexity index is 1100. The van der Waals surface area contributed by atoms with Crippen LogP contribution in [0.3, 0.4) is 0 Å². The molecule has 2 aromatic carbocycles. The van der Waals surface area contributed by atoms with Crippen LogP contribution in [0.25, 0.3) is 0 Å². The zero-order valence-corrected chi connectivity index (χ0v) is 18.7. The average Bonchev–Trinajstić information content (AvgIpc) is 3.11. The number of hydrogen-bond donors (Lipinski definition) is 2. The van der Waals surface area contributed by atoms with E-state index in [1.54, 1.807) is 24.3 Å². The number of carbonyl (C=O) groups is 2. The Hall–Kier alpha value is -3.41. The molecule has 0 atom stereocenters. The predicted octanol–water partition coefficient (Wildman–Crippen LogP) is 4.86. The van der Waals surface area contributed by atoms with Gasteiger partial charge in [-0.3, -0.25) is 14.3 Å². The van der Waals surface area contributed by atoms with Crippen LogP contribution >= 0.6 is 0 Å². The average molecular weight is 431 g/mol. The van der Waals surface area contributed by atoms with Gasteiger partial charge in [0.25, 0.3) is 11.8 Å². The van der Waals surface area contributed by atoms with E-state index in [0.29, 0.717) is 23.4 Å². The number of nitrogens with zero attached hydrogens (tertiary/aromatic N) is 2. The van der Waals surface area contributed by atoms with Crippen LogP contribution in [0.1, 0.15) is 69.8 Å². The van der Waals surface area contributed by atoms with Crippen LogP contribution in [-0.2, 0) is 6.54 Å². The van der Waals surface area contributed by atoms with Crippen LogP contribution in [0.15, 0.2) is 54.6 Å². The molecule has 0 saturated heterocycles. The van der Waals surface area contributed by atoms with Gasteiger partial charge in [0, 0.05) is 17.3 Å². The molecule has 166 valence electrons. The molecule has 1 aromatic heterocycles. The molecule has 1 fully saturated rings. The highest BCUT2D eigenvalue weighted by Gasteiger charge is 2.19. The van der Waals surface area contributed by atoms with E-state index in [2.05, 4.69) is 15.7 Å². The van der Waals surface area contributed by atoms with Crippen molar-refractivity contribution < 1.29 is 9.59 Å². The second-order valence-electron chi connectivity index (χ2n) is 8.59. The third-order valence-electron chi connectivity index (χ3n) is 6.01. The van der Waals surface area contributed by atoms with Gasteiger partial charge in [0.2, 0.25) is 0 Å². The lowest BCUT2D eigenvalue weighted by molar-refractivity contribution is 0.0928. The van der Waals surface area contributed by atoms with Gasteiger partial charge in [0.05, 0.1) is 23.5 Å². The lowest BCUT2D eigenvalue weighted by Crippen LogP contribution is -2.36. The molecule has 0 aliphatic heterocycles. The smallest absolute Gasteiger partial charge is 0.255 e. The summed E-state index contributed by atoms with van der Waals surface area (Å²) in [6, 6.07) is 16.9. The summed E-state index contributed by atoms with van der Waals surface area (Å²) in [6.45, 7) is 4.67. The van der Waals surface area contributed by atoms with Gasteiger partial charge in [0.15, 0.2) is 0 Å². The molecule has 32 heavy (non-hydrogen) atoms. The molecule has 2 amide bonds. The van der Waals surface area contributed by atoms with Gasteiger partial charge < -0.3 is 10.6 Å².